The van der Waals surface area contributed by atoms with Gasteiger partial charge in [0.2, 0.25) is 0 Å². The highest BCUT2D eigenvalue weighted by Gasteiger charge is 1.77. The zero-order chi connectivity index (χ0) is 4.99. The first-order valence-corrected chi connectivity index (χ1v) is 1.74. The summed E-state index contributed by atoms with van der Waals surface area (Å²) in [5, 5.41) is 4.44. The maximum atomic E-state index is 4.95. The Labute approximate surface area is 40.5 Å². The van der Waals surface area contributed by atoms with Crippen LogP contribution in [-0.4, -0.2) is 34.1 Å². The van der Waals surface area contributed by atoms with E-state index in [1.54, 1.807) is 5.01 Å². The summed E-state index contributed by atoms with van der Waals surface area (Å²) in [5.74, 6) is 0. The first-order valence-electron chi connectivity index (χ1n) is 1.74. The second kappa shape index (κ2) is 3.25. The Morgan fingerprint density at radius 1 is 1.67 bits per heavy atom. The molecule has 0 saturated heterocycles. The molecule has 0 unspecified atom stereocenters. The van der Waals surface area contributed by atoms with Gasteiger partial charge >= 0.3 is 0 Å². The summed E-state index contributed by atoms with van der Waals surface area (Å²) in [7, 11) is 10.1. The molecular weight excluding hydrogens is 73.7 g/mol. The Morgan fingerprint density at radius 2 is 2.17 bits per heavy atom. The average molecular weight is 80.7 g/mol. The molecule has 3 radical (unpaired) electrons. The van der Waals surface area contributed by atoms with Crippen LogP contribution in [0.4, 0.5) is 0 Å². The van der Waals surface area contributed by atoms with Crippen LogP contribution in [-0.2, 0) is 0 Å². The molecule has 0 fully saturated rings. The molecule has 0 aliphatic heterocycles. The fourth-order valence-electron chi connectivity index (χ4n) is 0.149. The highest BCUT2D eigenvalue weighted by molar-refractivity contribution is 6.87. The molecule has 0 heterocycles. The predicted molar refractivity (Wildman–Crippen MR) is 28.3 cm³/mol. The van der Waals surface area contributed by atoms with Crippen LogP contribution in [0.2, 0.25) is 0 Å². The van der Waals surface area contributed by atoms with Crippen LogP contribution >= 0.6 is 0 Å². The number of nitrogens with zero attached hydrogens (tertiary/aromatic N) is 1. The molecule has 6 heavy (non-hydrogen) atoms. The number of nitrogens with one attached hydrogen (secondary N) is 1. The minimum atomic E-state index is 1.38. The average Bonchev–Trinajstić information content (AvgIpc) is 1.35. The lowest BCUT2D eigenvalue weighted by atomic mass is 9.68. The number of hydrogen-bond donors (Lipinski definition) is 1. The van der Waals surface area contributed by atoms with Crippen molar-refractivity contribution in [1.29, 1.82) is 0 Å². The van der Waals surface area contributed by atoms with Crippen LogP contribution < -0.4 is 5.34 Å². The van der Waals surface area contributed by atoms with Gasteiger partial charge in [-0.2, -0.15) is 0 Å². The van der Waals surface area contributed by atoms with E-state index in [1.807, 2.05) is 14.1 Å². The van der Waals surface area contributed by atoms with Crippen molar-refractivity contribution in [3.63, 3.8) is 0 Å². The van der Waals surface area contributed by atoms with Gasteiger partial charge in [0, 0.05) is 21.8 Å². The van der Waals surface area contributed by atoms with Crippen LogP contribution in [0.25, 0.3) is 0 Å². The maximum Gasteiger partial charge on any atom is 0.166 e. The fraction of sp³-hybridized carbons (Fsp3) is 1.00. The topological polar surface area (TPSA) is 15.3 Å². The van der Waals surface area contributed by atoms with Gasteiger partial charge in [0.1, 0.15) is 0 Å². The van der Waals surface area contributed by atoms with Crippen molar-refractivity contribution in [2.45, 2.75) is 0 Å². The highest BCUT2D eigenvalue weighted by Crippen LogP contribution is 1.52. The van der Waals surface area contributed by atoms with Gasteiger partial charge in [-0.15, -0.1) is 0 Å². The van der Waals surface area contributed by atoms with Gasteiger partial charge in [-0.1, -0.05) is 0 Å². The smallest absolute Gasteiger partial charge is 0.166 e. The van der Waals surface area contributed by atoms with E-state index in [0.717, 1.165) is 0 Å². The summed E-state index contributed by atoms with van der Waals surface area (Å²) < 4.78 is 0. The monoisotopic (exact) mass is 81.1 g/mol. The Kier molecular flexibility index (Phi) is 3.27. The van der Waals surface area contributed by atoms with Crippen molar-refractivity contribution in [1.82, 2.24) is 10.3 Å². The summed E-state index contributed by atoms with van der Waals surface area (Å²) >= 11 is 0. The van der Waals surface area contributed by atoms with Crippen LogP contribution in [0.15, 0.2) is 0 Å². The van der Waals surface area contributed by atoms with Crippen molar-refractivity contribution in [3.05, 3.63) is 0 Å². The molecule has 0 rings (SSSR count). The predicted octanol–water partition coefficient (Wildman–Crippen LogP) is -1.24. The number of rotatable bonds is 2. The third-order valence-corrected chi connectivity index (χ3v) is 0.333. The molecule has 0 amide bonds. The van der Waals surface area contributed by atoms with Crippen molar-refractivity contribution < 1.29 is 0 Å². The van der Waals surface area contributed by atoms with Gasteiger partial charge < -0.3 is 5.34 Å². The van der Waals surface area contributed by atoms with Gasteiger partial charge in [0.15, 0.2) is 7.31 Å². The summed E-state index contributed by atoms with van der Waals surface area (Å²) in [5.41, 5.74) is 0. The maximum absolute atomic E-state index is 4.95. The van der Waals surface area contributed by atoms with Crippen LogP contribution in [0.1, 0.15) is 0 Å². The van der Waals surface area contributed by atoms with E-state index in [-0.39, 0.29) is 0 Å². The van der Waals surface area contributed by atoms with E-state index >= 15 is 0 Å². The second-order valence-corrected chi connectivity index (χ2v) is 1.19. The molecular formula is C2H7B2N2. The Morgan fingerprint density at radius 3 is 2.17 bits per heavy atom. The normalized spacial score (nSPS) is 9.17. The molecule has 0 saturated carbocycles. The van der Waals surface area contributed by atoms with Crippen LogP contribution in [0.5, 0.6) is 0 Å². The summed E-state index contributed by atoms with van der Waals surface area (Å²) in [4.78, 5) is 0. The molecule has 1 N–H and O–H groups in total. The van der Waals surface area contributed by atoms with E-state index in [0.29, 0.717) is 0 Å². The van der Waals surface area contributed by atoms with Gasteiger partial charge in [0.05, 0.1) is 0 Å². The van der Waals surface area contributed by atoms with E-state index < -0.39 is 0 Å². The molecule has 0 aromatic heterocycles. The standard InChI is InChI=1S/C2H7B2N2/c1-6(2)5-4-3/h5H,1-2H3. The Balaban J connectivity index is 2.63. The molecule has 31 valence electrons. The molecule has 0 aromatic carbocycles. The fourth-order valence-corrected chi connectivity index (χ4v) is 0.149. The largest absolute Gasteiger partial charge is 0.312 e. The molecule has 0 atom stereocenters. The van der Waals surface area contributed by atoms with Crippen LogP contribution in [0.3, 0.4) is 0 Å². The van der Waals surface area contributed by atoms with Gasteiger partial charge in [-0.05, 0) is 0 Å². The zero-order valence-electron chi connectivity index (χ0n) is 4.10. The minimum absolute atomic E-state index is 1.38. The van der Waals surface area contributed by atoms with Crippen molar-refractivity contribution in [3.8, 4) is 0 Å². The summed E-state index contributed by atoms with van der Waals surface area (Å²) in [6.45, 7) is 0. The molecule has 0 aliphatic rings. The zero-order valence-corrected chi connectivity index (χ0v) is 4.10. The van der Waals surface area contributed by atoms with Gasteiger partial charge in [-0.3, -0.25) is 5.01 Å². The van der Waals surface area contributed by atoms with Gasteiger partial charge in [0.25, 0.3) is 0 Å². The highest BCUT2D eigenvalue weighted by atomic mass is 15.4. The molecule has 2 nitrogen and oxygen atoms in total. The molecule has 4 heteroatoms. The first-order chi connectivity index (χ1) is 2.77. The summed E-state index contributed by atoms with van der Waals surface area (Å²) in [6.07, 6.45) is 0. The lowest BCUT2D eigenvalue weighted by Crippen LogP contribution is -2.33. The van der Waals surface area contributed by atoms with Crippen molar-refractivity contribution in [2.75, 3.05) is 14.1 Å². The van der Waals surface area contributed by atoms with Crippen LogP contribution in [0, 0.1) is 0 Å². The van der Waals surface area contributed by atoms with E-state index in [2.05, 4.69) is 5.34 Å². The summed E-state index contributed by atoms with van der Waals surface area (Å²) in [6, 6.07) is 0. The van der Waals surface area contributed by atoms with E-state index in [9.17, 15) is 0 Å². The van der Waals surface area contributed by atoms with Crippen molar-refractivity contribution >= 4 is 15.0 Å². The third kappa shape index (κ3) is 4.05. The Hall–Kier alpha value is 0.0499. The SMILES string of the molecule is [B][B]NN(C)C. The molecule has 0 aliphatic carbocycles. The second-order valence-electron chi connectivity index (χ2n) is 1.19. The molecule has 0 spiro atoms. The molecule has 0 bridgehead atoms. The molecule has 0 aromatic rings. The lowest BCUT2D eigenvalue weighted by molar-refractivity contribution is 0.376. The van der Waals surface area contributed by atoms with E-state index in [4.69, 9.17) is 7.74 Å². The number of hydrazine groups is 1. The number of hydrogen-bond acceptors (Lipinski definition) is 2. The van der Waals surface area contributed by atoms with E-state index in [1.165, 1.54) is 7.31 Å². The third-order valence-electron chi connectivity index (χ3n) is 0.333. The van der Waals surface area contributed by atoms with Crippen molar-refractivity contribution in [2.24, 2.45) is 0 Å². The quantitative estimate of drug-likeness (QED) is 0.330. The minimum Gasteiger partial charge on any atom is -0.312 e. The Bertz CT molecular complexity index is 30.7. The first kappa shape index (κ1) is 6.05. The van der Waals surface area contributed by atoms with Gasteiger partial charge in [-0.25, -0.2) is 0 Å². The lowest BCUT2D eigenvalue weighted by Gasteiger charge is -2.07.